The number of aliphatic hydroxyl groups excluding tert-OH is 1. The second-order valence-corrected chi connectivity index (χ2v) is 8.78. The number of fused-ring (bicyclic) bond motifs is 1. The van der Waals surface area contributed by atoms with Gasteiger partial charge >= 0.3 is 0 Å². The van der Waals surface area contributed by atoms with E-state index in [0.717, 1.165) is 78.5 Å². The molecule has 1 fully saturated rings. The van der Waals surface area contributed by atoms with Gasteiger partial charge in [0.25, 0.3) is 0 Å². The van der Waals surface area contributed by atoms with Gasteiger partial charge in [-0.25, -0.2) is 9.97 Å². The van der Waals surface area contributed by atoms with Crippen molar-refractivity contribution in [3.63, 3.8) is 0 Å². The van der Waals surface area contributed by atoms with Crippen LogP contribution in [-0.4, -0.2) is 57.5 Å². The van der Waals surface area contributed by atoms with Crippen molar-refractivity contribution in [2.24, 2.45) is 0 Å². The first kappa shape index (κ1) is 21.7. The summed E-state index contributed by atoms with van der Waals surface area (Å²) in [6, 6.07) is 4.24. The van der Waals surface area contributed by atoms with Gasteiger partial charge in [0, 0.05) is 37.7 Å². The van der Waals surface area contributed by atoms with Gasteiger partial charge in [0.15, 0.2) is 5.82 Å². The summed E-state index contributed by atoms with van der Waals surface area (Å²) in [4.78, 5) is 16.5. The molecule has 2 aliphatic heterocycles. The van der Waals surface area contributed by atoms with E-state index in [1.165, 1.54) is 0 Å². The van der Waals surface area contributed by atoms with Gasteiger partial charge in [0.2, 0.25) is 5.95 Å². The van der Waals surface area contributed by atoms with E-state index in [1.807, 2.05) is 16.8 Å². The van der Waals surface area contributed by atoms with Crippen molar-refractivity contribution in [1.29, 1.82) is 0 Å². The molecule has 1 saturated heterocycles. The van der Waals surface area contributed by atoms with Gasteiger partial charge in [0.1, 0.15) is 17.9 Å². The molecule has 1 atom stereocenters. The minimum Gasteiger partial charge on any atom is -0.496 e. The third-order valence-electron chi connectivity index (χ3n) is 6.72. The van der Waals surface area contributed by atoms with Crippen molar-refractivity contribution >= 4 is 17.6 Å². The SMILES string of the molecule is COc1cc(-n2cnc(Nc3nc4c(c(N5CCC[C@H]5CO)n3)CNCC4)c2)cc(C)c1C. The Morgan fingerprint density at radius 2 is 2.15 bits per heavy atom. The molecule has 2 aromatic heterocycles. The van der Waals surface area contributed by atoms with E-state index in [0.29, 0.717) is 11.8 Å². The highest BCUT2D eigenvalue weighted by Gasteiger charge is 2.29. The topological polar surface area (TPSA) is 100 Å². The Balaban J connectivity index is 1.45. The van der Waals surface area contributed by atoms with E-state index in [4.69, 9.17) is 14.7 Å². The molecule has 0 unspecified atom stereocenters. The van der Waals surface area contributed by atoms with Gasteiger partial charge < -0.3 is 29.9 Å². The number of aryl methyl sites for hydroxylation is 1. The van der Waals surface area contributed by atoms with Crippen molar-refractivity contribution in [3.8, 4) is 11.4 Å². The second-order valence-electron chi connectivity index (χ2n) is 8.78. The fourth-order valence-corrected chi connectivity index (χ4v) is 4.74. The highest BCUT2D eigenvalue weighted by Crippen LogP contribution is 2.31. The average Bonchev–Trinajstić information content (AvgIpc) is 3.50. The van der Waals surface area contributed by atoms with Gasteiger partial charge in [-0.2, -0.15) is 4.98 Å². The molecular formula is C24H31N7O2. The van der Waals surface area contributed by atoms with Crippen molar-refractivity contribution in [2.45, 2.75) is 45.7 Å². The van der Waals surface area contributed by atoms with Gasteiger partial charge in [-0.1, -0.05) is 0 Å². The second kappa shape index (κ2) is 8.99. The number of benzene rings is 1. The molecule has 2 aliphatic rings. The number of ether oxygens (including phenoxy) is 1. The summed E-state index contributed by atoms with van der Waals surface area (Å²) < 4.78 is 7.49. The average molecular weight is 450 g/mol. The molecule has 0 aliphatic carbocycles. The van der Waals surface area contributed by atoms with E-state index in [2.05, 4.69) is 40.4 Å². The number of nitrogens with zero attached hydrogens (tertiary/aromatic N) is 5. The Bertz CT molecular complexity index is 1160. The van der Waals surface area contributed by atoms with Gasteiger partial charge in [-0.15, -0.1) is 0 Å². The van der Waals surface area contributed by atoms with Crippen LogP contribution in [0.3, 0.4) is 0 Å². The lowest BCUT2D eigenvalue weighted by Crippen LogP contribution is -2.36. The number of aliphatic hydroxyl groups is 1. The smallest absolute Gasteiger partial charge is 0.230 e. The lowest BCUT2D eigenvalue weighted by atomic mass is 10.1. The minimum atomic E-state index is 0.109. The minimum absolute atomic E-state index is 0.109. The number of nitrogens with one attached hydrogen (secondary N) is 2. The maximum absolute atomic E-state index is 9.85. The molecule has 1 aromatic carbocycles. The number of hydrogen-bond donors (Lipinski definition) is 3. The third kappa shape index (κ3) is 4.14. The van der Waals surface area contributed by atoms with E-state index < -0.39 is 0 Å². The Hall–Kier alpha value is -3.17. The molecule has 0 radical (unpaired) electrons. The van der Waals surface area contributed by atoms with Crippen LogP contribution >= 0.6 is 0 Å². The monoisotopic (exact) mass is 449 g/mol. The zero-order valence-corrected chi connectivity index (χ0v) is 19.4. The van der Waals surface area contributed by atoms with Crippen LogP contribution in [0.2, 0.25) is 0 Å². The molecule has 9 nitrogen and oxygen atoms in total. The molecule has 9 heteroatoms. The van der Waals surface area contributed by atoms with Crippen molar-refractivity contribution < 1.29 is 9.84 Å². The molecule has 0 bridgehead atoms. The third-order valence-corrected chi connectivity index (χ3v) is 6.72. The summed E-state index contributed by atoms with van der Waals surface area (Å²) in [5, 5.41) is 16.6. The van der Waals surface area contributed by atoms with Crippen LogP contribution in [-0.2, 0) is 13.0 Å². The summed E-state index contributed by atoms with van der Waals surface area (Å²) in [6.07, 6.45) is 6.60. The lowest BCUT2D eigenvalue weighted by molar-refractivity contribution is 0.266. The zero-order chi connectivity index (χ0) is 22.9. The van der Waals surface area contributed by atoms with Crippen LogP contribution in [0, 0.1) is 13.8 Å². The zero-order valence-electron chi connectivity index (χ0n) is 19.4. The van der Waals surface area contributed by atoms with Crippen LogP contribution < -0.4 is 20.3 Å². The molecule has 3 aromatic rings. The van der Waals surface area contributed by atoms with Gasteiger partial charge in [0.05, 0.1) is 37.3 Å². The van der Waals surface area contributed by atoms with Crippen molar-refractivity contribution in [2.75, 3.05) is 37.0 Å². The number of rotatable bonds is 6. The molecule has 174 valence electrons. The van der Waals surface area contributed by atoms with Crippen molar-refractivity contribution in [1.82, 2.24) is 24.8 Å². The van der Waals surface area contributed by atoms with Gasteiger partial charge in [-0.05, 0) is 43.9 Å². The number of aromatic nitrogens is 4. The Kier molecular flexibility index (Phi) is 5.90. The summed E-state index contributed by atoms with van der Waals surface area (Å²) in [7, 11) is 1.69. The lowest BCUT2D eigenvalue weighted by Gasteiger charge is -2.29. The quantitative estimate of drug-likeness (QED) is 0.528. The van der Waals surface area contributed by atoms with E-state index in [1.54, 1.807) is 13.4 Å². The van der Waals surface area contributed by atoms with E-state index in [9.17, 15) is 5.11 Å². The standard InChI is InChI=1S/C24H31N7O2/c1-15-9-18(10-21(33-3)16(15)2)30-12-22(26-14-30)28-24-27-20-6-7-25-11-19(20)23(29-24)31-8-4-5-17(31)13-32/h9-10,12,14,17,25,32H,4-8,11,13H2,1-3H3,(H,27,28,29)/t17-/m0/s1. The normalized spacial score (nSPS) is 17.8. The summed E-state index contributed by atoms with van der Waals surface area (Å²) in [5.74, 6) is 2.99. The number of methoxy groups -OCH3 is 1. The summed E-state index contributed by atoms with van der Waals surface area (Å²) in [5.41, 5.74) is 5.47. The van der Waals surface area contributed by atoms with Crippen LogP contribution in [0.4, 0.5) is 17.6 Å². The van der Waals surface area contributed by atoms with Crippen LogP contribution in [0.15, 0.2) is 24.7 Å². The molecule has 4 heterocycles. The molecule has 0 amide bonds. The molecule has 5 rings (SSSR count). The Labute approximate surface area is 193 Å². The first-order chi connectivity index (χ1) is 16.1. The number of imidazole rings is 1. The first-order valence-corrected chi connectivity index (χ1v) is 11.5. The fourth-order valence-electron chi connectivity index (χ4n) is 4.74. The Morgan fingerprint density at radius 1 is 1.27 bits per heavy atom. The summed E-state index contributed by atoms with van der Waals surface area (Å²) in [6.45, 7) is 6.82. The first-order valence-electron chi connectivity index (χ1n) is 11.5. The van der Waals surface area contributed by atoms with Gasteiger partial charge in [-0.3, -0.25) is 0 Å². The molecule has 0 spiro atoms. The maximum Gasteiger partial charge on any atom is 0.230 e. The van der Waals surface area contributed by atoms with E-state index >= 15 is 0 Å². The molecular weight excluding hydrogens is 418 g/mol. The van der Waals surface area contributed by atoms with E-state index in [-0.39, 0.29) is 12.6 Å². The molecule has 0 saturated carbocycles. The Morgan fingerprint density at radius 3 is 2.97 bits per heavy atom. The number of hydrogen-bond acceptors (Lipinski definition) is 8. The fraction of sp³-hybridized carbons (Fsp3) is 0.458. The van der Waals surface area contributed by atoms with Crippen LogP contribution in [0.5, 0.6) is 5.75 Å². The highest BCUT2D eigenvalue weighted by atomic mass is 16.5. The van der Waals surface area contributed by atoms with Crippen LogP contribution in [0.25, 0.3) is 5.69 Å². The number of anilines is 3. The molecule has 33 heavy (non-hydrogen) atoms. The maximum atomic E-state index is 9.85. The highest BCUT2D eigenvalue weighted by molar-refractivity contribution is 5.58. The largest absolute Gasteiger partial charge is 0.496 e. The predicted octanol–water partition coefficient (Wildman–Crippen LogP) is 2.64. The predicted molar refractivity (Wildman–Crippen MR) is 128 cm³/mol. The van der Waals surface area contributed by atoms with Crippen LogP contribution in [0.1, 0.15) is 35.2 Å². The van der Waals surface area contributed by atoms with Crippen molar-refractivity contribution in [3.05, 3.63) is 47.0 Å². The summed E-state index contributed by atoms with van der Waals surface area (Å²) >= 11 is 0. The molecule has 3 N–H and O–H groups in total.